The van der Waals surface area contributed by atoms with Crippen LogP contribution in [0.5, 0.6) is 0 Å². The van der Waals surface area contributed by atoms with Crippen LogP contribution in [0.2, 0.25) is 0 Å². The minimum Gasteiger partial charge on any atom is -0.208 e. The van der Waals surface area contributed by atoms with Gasteiger partial charge in [0.25, 0.3) is 0 Å². The van der Waals surface area contributed by atoms with Crippen LogP contribution in [0.25, 0.3) is 0 Å². The first-order valence-electron chi connectivity index (χ1n) is 7.52. The summed E-state index contributed by atoms with van der Waals surface area (Å²) in [4.78, 5) is 0.417. The molecule has 1 fully saturated rings. The predicted octanol–water partition coefficient (Wildman–Crippen LogP) is 3.55. The Labute approximate surface area is 122 Å². The number of benzene rings is 1. The number of hydrogen-bond acceptors (Lipinski definition) is 2. The third kappa shape index (κ3) is 3.61. The molecule has 0 bridgehead atoms. The van der Waals surface area contributed by atoms with Crippen LogP contribution in [-0.4, -0.2) is 14.5 Å². The highest BCUT2D eigenvalue weighted by Gasteiger charge is 2.25. The van der Waals surface area contributed by atoms with E-state index in [0.29, 0.717) is 4.90 Å². The van der Waals surface area contributed by atoms with E-state index in [0.717, 1.165) is 42.7 Å². The van der Waals surface area contributed by atoms with E-state index in [1.54, 1.807) is 6.07 Å². The Kier molecular flexibility index (Phi) is 4.86. The van der Waals surface area contributed by atoms with Gasteiger partial charge in [0, 0.05) is 6.04 Å². The normalized spacial score (nSPS) is 23.8. The average molecular weight is 295 g/mol. The maximum absolute atomic E-state index is 12.5. The van der Waals surface area contributed by atoms with Crippen LogP contribution in [0.1, 0.15) is 50.2 Å². The van der Waals surface area contributed by atoms with Crippen molar-refractivity contribution in [1.29, 1.82) is 0 Å². The molecular formula is C16H25NO2S. The molecule has 0 heterocycles. The van der Waals surface area contributed by atoms with Crippen molar-refractivity contribution in [3.8, 4) is 0 Å². The van der Waals surface area contributed by atoms with Gasteiger partial charge >= 0.3 is 0 Å². The van der Waals surface area contributed by atoms with Gasteiger partial charge in [0.2, 0.25) is 10.0 Å². The maximum Gasteiger partial charge on any atom is 0.241 e. The lowest BCUT2D eigenvalue weighted by molar-refractivity contribution is 0.306. The largest absolute Gasteiger partial charge is 0.241 e. The zero-order chi connectivity index (χ0) is 14.8. The highest BCUT2D eigenvalue weighted by molar-refractivity contribution is 7.89. The molecular weight excluding hydrogens is 270 g/mol. The summed E-state index contributed by atoms with van der Waals surface area (Å²) in [6.45, 7) is 6.04. The Balaban J connectivity index is 2.08. The Morgan fingerprint density at radius 3 is 2.35 bits per heavy atom. The number of rotatable bonds is 4. The van der Waals surface area contributed by atoms with Gasteiger partial charge in [-0.05, 0) is 57.1 Å². The van der Waals surface area contributed by atoms with Crippen molar-refractivity contribution in [3.63, 3.8) is 0 Å². The number of nitrogens with one attached hydrogen (secondary N) is 1. The van der Waals surface area contributed by atoms with Gasteiger partial charge in [0.15, 0.2) is 0 Å². The van der Waals surface area contributed by atoms with Gasteiger partial charge in [-0.1, -0.05) is 31.0 Å². The van der Waals surface area contributed by atoms with Crippen molar-refractivity contribution in [2.75, 3.05) is 0 Å². The standard InChI is InChI=1S/C16H25NO2S/c1-4-14-6-8-15(9-7-14)17-20(18,19)16-10-5-12(2)11-13(16)3/h5,10-11,14-15,17H,4,6-9H2,1-3H3. The number of sulfonamides is 1. The van der Waals surface area contributed by atoms with Crippen molar-refractivity contribution in [2.24, 2.45) is 5.92 Å². The highest BCUT2D eigenvalue weighted by Crippen LogP contribution is 2.27. The monoisotopic (exact) mass is 295 g/mol. The molecule has 1 N–H and O–H groups in total. The fourth-order valence-electron chi connectivity index (χ4n) is 3.07. The maximum atomic E-state index is 12.5. The molecule has 4 heteroatoms. The summed E-state index contributed by atoms with van der Waals surface area (Å²) in [7, 11) is -3.38. The van der Waals surface area contributed by atoms with Crippen LogP contribution < -0.4 is 4.72 Å². The van der Waals surface area contributed by atoms with Crippen molar-refractivity contribution >= 4 is 10.0 Å². The topological polar surface area (TPSA) is 46.2 Å². The lowest BCUT2D eigenvalue weighted by Crippen LogP contribution is -2.37. The summed E-state index contributed by atoms with van der Waals surface area (Å²) in [5.41, 5.74) is 1.91. The first-order valence-corrected chi connectivity index (χ1v) is 9.00. The van der Waals surface area contributed by atoms with Gasteiger partial charge in [0.1, 0.15) is 0 Å². The minimum absolute atomic E-state index is 0.100. The van der Waals surface area contributed by atoms with E-state index >= 15 is 0 Å². The van der Waals surface area contributed by atoms with E-state index < -0.39 is 10.0 Å². The third-order valence-corrected chi connectivity index (χ3v) is 6.05. The summed E-state index contributed by atoms with van der Waals surface area (Å²) < 4.78 is 27.8. The van der Waals surface area contributed by atoms with Crippen LogP contribution in [0.4, 0.5) is 0 Å². The van der Waals surface area contributed by atoms with Crippen LogP contribution in [-0.2, 0) is 10.0 Å². The summed E-state index contributed by atoms with van der Waals surface area (Å²) in [5, 5.41) is 0. The van der Waals surface area contributed by atoms with Gasteiger partial charge in [-0.2, -0.15) is 0 Å². The molecule has 0 amide bonds. The molecule has 0 saturated heterocycles. The molecule has 1 saturated carbocycles. The smallest absolute Gasteiger partial charge is 0.208 e. The third-order valence-electron chi connectivity index (χ3n) is 4.37. The van der Waals surface area contributed by atoms with Crippen molar-refractivity contribution in [2.45, 2.75) is 63.8 Å². The Bertz CT molecular complexity index is 558. The van der Waals surface area contributed by atoms with Crippen molar-refractivity contribution in [1.82, 2.24) is 4.72 Å². The predicted molar refractivity (Wildman–Crippen MR) is 82.3 cm³/mol. The molecule has 3 nitrogen and oxygen atoms in total. The Hall–Kier alpha value is -0.870. The highest BCUT2D eigenvalue weighted by atomic mass is 32.2. The first kappa shape index (κ1) is 15.5. The van der Waals surface area contributed by atoms with Crippen LogP contribution in [0.3, 0.4) is 0 Å². The molecule has 1 aliphatic rings. The van der Waals surface area contributed by atoms with Gasteiger partial charge in [0.05, 0.1) is 4.90 Å². The molecule has 1 aromatic rings. The Morgan fingerprint density at radius 2 is 1.80 bits per heavy atom. The molecule has 1 aromatic carbocycles. The number of aryl methyl sites for hydroxylation is 2. The molecule has 112 valence electrons. The summed E-state index contributed by atoms with van der Waals surface area (Å²) in [5.74, 6) is 0.775. The Morgan fingerprint density at radius 1 is 1.15 bits per heavy atom. The lowest BCUT2D eigenvalue weighted by atomic mass is 9.85. The fraction of sp³-hybridized carbons (Fsp3) is 0.625. The van der Waals surface area contributed by atoms with Gasteiger partial charge in [-0.25, -0.2) is 13.1 Å². The second-order valence-electron chi connectivity index (χ2n) is 6.02. The first-order chi connectivity index (χ1) is 9.42. The molecule has 0 aliphatic heterocycles. The van der Waals surface area contributed by atoms with Crippen LogP contribution >= 0.6 is 0 Å². The zero-order valence-electron chi connectivity index (χ0n) is 12.6. The number of hydrogen-bond donors (Lipinski definition) is 1. The minimum atomic E-state index is -3.38. The van der Waals surface area contributed by atoms with Crippen LogP contribution in [0.15, 0.2) is 23.1 Å². The molecule has 1 aliphatic carbocycles. The zero-order valence-corrected chi connectivity index (χ0v) is 13.5. The van der Waals surface area contributed by atoms with E-state index in [2.05, 4.69) is 11.6 Å². The fourth-order valence-corrected chi connectivity index (χ4v) is 4.60. The molecule has 0 radical (unpaired) electrons. The van der Waals surface area contributed by atoms with Crippen molar-refractivity contribution in [3.05, 3.63) is 29.3 Å². The van der Waals surface area contributed by atoms with E-state index in [1.165, 1.54) is 6.42 Å². The molecule has 0 spiro atoms. The average Bonchev–Trinajstić information content (AvgIpc) is 2.38. The van der Waals surface area contributed by atoms with Gasteiger partial charge in [-0.3, -0.25) is 0 Å². The SMILES string of the molecule is CCC1CCC(NS(=O)(=O)c2ccc(C)cc2C)CC1. The second-order valence-corrected chi connectivity index (χ2v) is 7.70. The molecule has 0 atom stereocenters. The van der Waals surface area contributed by atoms with E-state index in [-0.39, 0.29) is 6.04 Å². The van der Waals surface area contributed by atoms with Gasteiger partial charge < -0.3 is 0 Å². The summed E-state index contributed by atoms with van der Waals surface area (Å²) in [6.07, 6.45) is 5.40. The van der Waals surface area contributed by atoms with E-state index in [1.807, 2.05) is 26.0 Å². The van der Waals surface area contributed by atoms with E-state index in [9.17, 15) is 8.42 Å². The molecule has 0 unspecified atom stereocenters. The quantitative estimate of drug-likeness (QED) is 0.923. The molecule has 0 aromatic heterocycles. The summed E-state index contributed by atoms with van der Waals surface area (Å²) in [6, 6.07) is 5.59. The van der Waals surface area contributed by atoms with E-state index in [4.69, 9.17) is 0 Å². The van der Waals surface area contributed by atoms with Crippen LogP contribution in [0, 0.1) is 19.8 Å². The van der Waals surface area contributed by atoms with Gasteiger partial charge in [-0.15, -0.1) is 0 Å². The molecule has 2 rings (SSSR count). The van der Waals surface area contributed by atoms with Crippen molar-refractivity contribution < 1.29 is 8.42 Å². The molecule has 20 heavy (non-hydrogen) atoms. The lowest BCUT2D eigenvalue weighted by Gasteiger charge is -2.28. The summed E-state index contributed by atoms with van der Waals surface area (Å²) >= 11 is 0. The second kappa shape index (κ2) is 6.27.